The Morgan fingerprint density at radius 1 is 1.04 bits per heavy atom. The lowest BCUT2D eigenvalue weighted by Crippen LogP contribution is -2.32. The number of hydrogen-bond acceptors (Lipinski definition) is 3. The summed E-state index contributed by atoms with van der Waals surface area (Å²) < 4.78 is 17.7. The Morgan fingerprint density at radius 2 is 1.67 bits per heavy atom. The highest BCUT2D eigenvalue weighted by Crippen LogP contribution is 2.13. The fourth-order valence-corrected chi connectivity index (χ4v) is 2.27. The van der Waals surface area contributed by atoms with E-state index in [1.807, 2.05) is 31.2 Å². The molecule has 0 aliphatic heterocycles. The molecule has 0 aliphatic carbocycles. The SMILES string of the molecule is COC(=O)CCN(Cc1ccc(C)cc1)C(=O)c1ccc(F)cc1. The van der Waals surface area contributed by atoms with Crippen LogP contribution in [0.3, 0.4) is 0 Å². The van der Waals surface area contributed by atoms with E-state index in [4.69, 9.17) is 0 Å². The highest BCUT2D eigenvalue weighted by atomic mass is 19.1. The van der Waals surface area contributed by atoms with Crippen molar-refractivity contribution in [3.05, 3.63) is 71.0 Å². The number of methoxy groups -OCH3 is 1. The van der Waals surface area contributed by atoms with Gasteiger partial charge in [-0.05, 0) is 36.8 Å². The average molecular weight is 329 g/mol. The molecule has 126 valence electrons. The van der Waals surface area contributed by atoms with Crippen LogP contribution in [0.4, 0.5) is 4.39 Å². The van der Waals surface area contributed by atoms with E-state index >= 15 is 0 Å². The van der Waals surface area contributed by atoms with Crippen molar-refractivity contribution in [2.45, 2.75) is 19.9 Å². The molecule has 0 saturated carbocycles. The first-order valence-corrected chi connectivity index (χ1v) is 7.67. The molecule has 0 saturated heterocycles. The van der Waals surface area contributed by atoms with Crippen LogP contribution >= 0.6 is 0 Å². The number of esters is 1. The largest absolute Gasteiger partial charge is 0.469 e. The van der Waals surface area contributed by atoms with Gasteiger partial charge in [0.05, 0.1) is 13.5 Å². The standard InChI is InChI=1S/C19H20FNO3/c1-14-3-5-15(6-4-14)13-21(12-11-18(22)24-2)19(23)16-7-9-17(20)10-8-16/h3-10H,11-13H2,1-2H3. The lowest BCUT2D eigenvalue weighted by Gasteiger charge is -2.22. The van der Waals surface area contributed by atoms with Gasteiger partial charge in [0.15, 0.2) is 0 Å². The number of amides is 1. The predicted octanol–water partition coefficient (Wildman–Crippen LogP) is 3.34. The van der Waals surface area contributed by atoms with Crippen molar-refractivity contribution in [2.24, 2.45) is 0 Å². The third-order valence-corrected chi connectivity index (χ3v) is 3.69. The summed E-state index contributed by atoms with van der Waals surface area (Å²) in [4.78, 5) is 25.7. The van der Waals surface area contributed by atoms with Gasteiger partial charge in [0.25, 0.3) is 5.91 Å². The molecule has 24 heavy (non-hydrogen) atoms. The molecule has 2 aromatic carbocycles. The van der Waals surface area contributed by atoms with Gasteiger partial charge >= 0.3 is 5.97 Å². The van der Waals surface area contributed by atoms with Gasteiger partial charge in [0.2, 0.25) is 0 Å². The molecule has 2 aromatic rings. The van der Waals surface area contributed by atoms with Gasteiger partial charge in [-0.15, -0.1) is 0 Å². The van der Waals surface area contributed by atoms with Crippen LogP contribution in [0.1, 0.15) is 27.9 Å². The van der Waals surface area contributed by atoms with E-state index in [1.165, 1.54) is 31.4 Å². The Balaban J connectivity index is 2.17. The number of carbonyl (C=O) groups excluding carboxylic acids is 2. The molecular formula is C19H20FNO3. The lowest BCUT2D eigenvalue weighted by atomic mass is 10.1. The normalized spacial score (nSPS) is 10.3. The zero-order valence-corrected chi connectivity index (χ0v) is 13.8. The number of nitrogens with zero attached hydrogens (tertiary/aromatic N) is 1. The summed E-state index contributed by atoms with van der Waals surface area (Å²) in [5.41, 5.74) is 2.47. The molecule has 0 fully saturated rings. The van der Waals surface area contributed by atoms with Crippen LogP contribution in [-0.2, 0) is 16.1 Å². The molecule has 0 aromatic heterocycles. The van der Waals surface area contributed by atoms with Gasteiger partial charge < -0.3 is 9.64 Å². The number of benzene rings is 2. The van der Waals surface area contributed by atoms with Crippen molar-refractivity contribution in [2.75, 3.05) is 13.7 Å². The topological polar surface area (TPSA) is 46.6 Å². The van der Waals surface area contributed by atoms with E-state index in [9.17, 15) is 14.0 Å². The summed E-state index contributed by atoms with van der Waals surface area (Å²) in [6, 6.07) is 13.2. The zero-order valence-electron chi connectivity index (χ0n) is 13.8. The maximum Gasteiger partial charge on any atom is 0.307 e. The Hall–Kier alpha value is -2.69. The first-order valence-electron chi connectivity index (χ1n) is 7.67. The molecule has 0 spiro atoms. The molecule has 2 rings (SSSR count). The van der Waals surface area contributed by atoms with Gasteiger partial charge in [-0.25, -0.2) is 4.39 Å². The van der Waals surface area contributed by atoms with Gasteiger partial charge in [0, 0.05) is 18.7 Å². The molecule has 1 amide bonds. The monoisotopic (exact) mass is 329 g/mol. The fraction of sp³-hybridized carbons (Fsp3) is 0.263. The maximum absolute atomic E-state index is 13.0. The summed E-state index contributed by atoms with van der Waals surface area (Å²) in [7, 11) is 1.31. The number of hydrogen-bond donors (Lipinski definition) is 0. The highest BCUT2D eigenvalue weighted by Gasteiger charge is 2.17. The molecule has 0 N–H and O–H groups in total. The molecule has 5 heteroatoms. The van der Waals surface area contributed by atoms with Gasteiger partial charge in [-0.3, -0.25) is 9.59 Å². The van der Waals surface area contributed by atoms with Crippen molar-refractivity contribution >= 4 is 11.9 Å². The Morgan fingerprint density at radius 3 is 2.25 bits per heavy atom. The van der Waals surface area contributed by atoms with Gasteiger partial charge in [-0.2, -0.15) is 0 Å². The van der Waals surface area contributed by atoms with E-state index in [1.54, 1.807) is 4.90 Å². The summed E-state index contributed by atoms with van der Waals surface area (Å²) in [6.07, 6.45) is 0.106. The minimum Gasteiger partial charge on any atom is -0.469 e. The second-order valence-corrected chi connectivity index (χ2v) is 5.55. The van der Waals surface area contributed by atoms with E-state index in [2.05, 4.69) is 4.74 Å². The average Bonchev–Trinajstić information content (AvgIpc) is 2.60. The van der Waals surface area contributed by atoms with Crippen LogP contribution < -0.4 is 0 Å². The van der Waals surface area contributed by atoms with E-state index in [0.29, 0.717) is 12.1 Å². The first kappa shape index (κ1) is 17.7. The molecule has 0 aliphatic rings. The van der Waals surface area contributed by atoms with Crippen LogP contribution in [0.15, 0.2) is 48.5 Å². The summed E-state index contributed by atoms with van der Waals surface area (Å²) in [6.45, 7) is 2.59. The minimum absolute atomic E-state index is 0.106. The second kappa shape index (κ2) is 8.24. The number of aryl methyl sites for hydroxylation is 1. The number of halogens is 1. The molecule has 4 nitrogen and oxygen atoms in total. The first-order chi connectivity index (χ1) is 11.5. The van der Waals surface area contributed by atoms with Crippen molar-refractivity contribution in [3.63, 3.8) is 0 Å². The number of ether oxygens (including phenoxy) is 1. The van der Waals surface area contributed by atoms with Crippen molar-refractivity contribution in [3.8, 4) is 0 Å². The van der Waals surface area contributed by atoms with Crippen LogP contribution in [0.25, 0.3) is 0 Å². The molecule has 0 unspecified atom stereocenters. The number of rotatable bonds is 6. The summed E-state index contributed by atoms with van der Waals surface area (Å²) in [5.74, 6) is -1.03. The van der Waals surface area contributed by atoms with Crippen molar-refractivity contribution in [1.82, 2.24) is 4.90 Å². The predicted molar refractivity (Wildman–Crippen MR) is 89.0 cm³/mol. The highest BCUT2D eigenvalue weighted by molar-refractivity contribution is 5.94. The molecule has 0 bridgehead atoms. The molecular weight excluding hydrogens is 309 g/mol. The Kier molecular flexibility index (Phi) is 6.07. The summed E-state index contributed by atoms with van der Waals surface area (Å²) in [5, 5.41) is 0. The van der Waals surface area contributed by atoms with Crippen LogP contribution in [0.2, 0.25) is 0 Å². The smallest absolute Gasteiger partial charge is 0.307 e. The van der Waals surface area contributed by atoms with Crippen LogP contribution in [0.5, 0.6) is 0 Å². The lowest BCUT2D eigenvalue weighted by molar-refractivity contribution is -0.140. The van der Waals surface area contributed by atoms with E-state index in [-0.39, 0.29) is 24.8 Å². The Bertz CT molecular complexity index is 696. The maximum atomic E-state index is 13.0. The second-order valence-electron chi connectivity index (χ2n) is 5.55. The minimum atomic E-state index is -0.397. The zero-order chi connectivity index (χ0) is 17.5. The van der Waals surface area contributed by atoms with Crippen LogP contribution in [0, 0.1) is 12.7 Å². The number of carbonyl (C=O) groups is 2. The Labute approximate surface area is 140 Å². The quantitative estimate of drug-likeness (QED) is 0.764. The summed E-state index contributed by atoms with van der Waals surface area (Å²) >= 11 is 0. The molecule has 0 atom stereocenters. The molecule has 0 heterocycles. The molecule has 0 radical (unpaired) electrons. The third-order valence-electron chi connectivity index (χ3n) is 3.69. The van der Waals surface area contributed by atoms with E-state index in [0.717, 1.165) is 11.1 Å². The van der Waals surface area contributed by atoms with Crippen molar-refractivity contribution < 1.29 is 18.7 Å². The third kappa shape index (κ3) is 4.91. The van der Waals surface area contributed by atoms with Gasteiger partial charge in [0.1, 0.15) is 5.82 Å². The van der Waals surface area contributed by atoms with Crippen LogP contribution in [-0.4, -0.2) is 30.4 Å². The van der Waals surface area contributed by atoms with Gasteiger partial charge in [-0.1, -0.05) is 29.8 Å². The van der Waals surface area contributed by atoms with E-state index < -0.39 is 5.82 Å². The fourth-order valence-electron chi connectivity index (χ4n) is 2.27. The van der Waals surface area contributed by atoms with Crippen molar-refractivity contribution in [1.29, 1.82) is 0 Å².